The molecule has 1 N–H and O–H groups in total. The predicted octanol–water partition coefficient (Wildman–Crippen LogP) is 3.19. The molecule has 1 aromatic heterocycles. The first kappa shape index (κ1) is 15.4. The van der Waals surface area contributed by atoms with Gasteiger partial charge in [-0.05, 0) is 31.0 Å². The third-order valence-corrected chi connectivity index (χ3v) is 3.17. The molecule has 2 rings (SSSR count). The normalized spacial score (nSPS) is 11.8. The standard InChI is InChI=1S/C15H18ClN3O2/c1-10(18-15-9-17-8-14(16)19-15)6-11-4-5-12(20-2)13(7-11)21-3/h4-5,7-10H,6H2,1-3H3,(H,18,19). The minimum Gasteiger partial charge on any atom is -0.493 e. The van der Waals surface area contributed by atoms with E-state index in [4.69, 9.17) is 21.1 Å². The van der Waals surface area contributed by atoms with Crippen LogP contribution in [0.4, 0.5) is 5.82 Å². The molecule has 0 saturated carbocycles. The summed E-state index contributed by atoms with van der Waals surface area (Å²) in [7, 11) is 3.25. The van der Waals surface area contributed by atoms with Crippen LogP contribution in [0.1, 0.15) is 12.5 Å². The van der Waals surface area contributed by atoms with Gasteiger partial charge in [0.15, 0.2) is 11.5 Å². The van der Waals surface area contributed by atoms with Crippen LogP contribution in [-0.2, 0) is 6.42 Å². The molecule has 0 amide bonds. The maximum atomic E-state index is 5.82. The number of anilines is 1. The maximum absolute atomic E-state index is 5.82. The van der Waals surface area contributed by atoms with Crippen molar-refractivity contribution in [2.45, 2.75) is 19.4 Å². The number of benzene rings is 1. The molecule has 21 heavy (non-hydrogen) atoms. The van der Waals surface area contributed by atoms with Crippen molar-refractivity contribution in [3.05, 3.63) is 41.3 Å². The van der Waals surface area contributed by atoms with Crippen LogP contribution in [0.25, 0.3) is 0 Å². The molecule has 1 aromatic carbocycles. The molecule has 5 nitrogen and oxygen atoms in total. The number of methoxy groups -OCH3 is 2. The summed E-state index contributed by atoms with van der Waals surface area (Å²) in [6, 6.07) is 6.07. The number of ether oxygens (including phenoxy) is 2. The SMILES string of the molecule is COc1ccc(CC(C)Nc2cncc(Cl)n2)cc1OC. The van der Waals surface area contributed by atoms with E-state index in [2.05, 4.69) is 22.2 Å². The van der Waals surface area contributed by atoms with Gasteiger partial charge in [-0.25, -0.2) is 4.98 Å². The first-order valence-corrected chi connectivity index (χ1v) is 6.95. The molecule has 1 atom stereocenters. The van der Waals surface area contributed by atoms with Gasteiger partial charge in [-0.3, -0.25) is 4.98 Å². The molecule has 0 bridgehead atoms. The highest BCUT2D eigenvalue weighted by molar-refractivity contribution is 6.29. The quantitative estimate of drug-likeness (QED) is 0.888. The number of hydrogen-bond acceptors (Lipinski definition) is 5. The van der Waals surface area contributed by atoms with E-state index < -0.39 is 0 Å². The summed E-state index contributed by atoms with van der Waals surface area (Å²) >= 11 is 5.82. The van der Waals surface area contributed by atoms with E-state index in [1.165, 1.54) is 6.20 Å². The zero-order valence-corrected chi connectivity index (χ0v) is 13.0. The molecule has 0 saturated heterocycles. The average molecular weight is 308 g/mol. The first-order valence-electron chi connectivity index (χ1n) is 6.57. The van der Waals surface area contributed by atoms with Gasteiger partial charge in [-0.15, -0.1) is 0 Å². The summed E-state index contributed by atoms with van der Waals surface area (Å²) < 4.78 is 10.5. The molecule has 0 fully saturated rings. The van der Waals surface area contributed by atoms with Crippen LogP contribution in [0.15, 0.2) is 30.6 Å². The predicted molar refractivity (Wildman–Crippen MR) is 83.4 cm³/mol. The summed E-state index contributed by atoms with van der Waals surface area (Å²) in [4.78, 5) is 8.16. The first-order chi connectivity index (χ1) is 10.1. The Labute approximate surface area is 129 Å². The highest BCUT2D eigenvalue weighted by Crippen LogP contribution is 2.28. The summed E-state index contributed by atoms with van der Waals surface area (Å²) in [6.07, 6.45) is 3.97. The van der Waals surface area contributed by atoms with Gasteiger partial charge in [-0.1, -0.05) is 17.7 Å². The zero-order valence-electron chi connectivity index (χ0n) is 12.3. The highest BCUT2D eigenvalue weighted by atomic mass is 35.5. The Bertz CT molecular complexity index is 607. The molecule has 0 radical (unpaired) electrons. The number of hydrogen-bond donors (Lipinski definition) is 1. The van der Waals surface area contributed by atoms with E-state index in [9.17, 15) is 0 Å². The lowest BCUT2D eigenvalue weighted by molar-refractivity contribution is 0.354. The molecule has 1 heterocycles. The van der Waals surface area contributed by atoms with Crippen molar-refractivity contribution in [2.24, 2.45) is 0 Å². The van der Waals surface area contributed by atoms with Crippen LogP contribution in [0, 0.1) is 0 Å². The van der Waals surface area contributed by atoms with Crippen molar-refractivity contribution >= 4 is 17.4 Å². The Morgan fingerprint density at radius 1 is 1.19 bits per heavy atom. The van der Waals surface area contributed by atoms with Crippen LogP contribution in [0.5, 0.6) is 11.5 Å². The second-order valence-electron chi connectivity index (χ2n) is 4.67. The summed E-state index contributed by atoms with van der Waals surface area (Å²) in [5.74, 6) is 2.11. The number of nitrogens with one attached hydrogen (secondary N) is 1. The fourth-order valence-corrected chi connectivity index (χ4v) is 2.22. The Morgan fingerprint density at radius 2 is 1.95 bits per heavy atom. The third-order valence-electron chi connectivity index (χ3n) is 2.99. The van der Waals surface area contributed by atoms with Crippen LogP contribution < -0.4 is 14.8 Å². The van der Waals surface area contributed by atoms with Gasteiger partial charge in [0.25, 0.3) is 0 Å². The number of rotatable bonds is 6. The molecule has 6 heteroatoms. The van der Waals surface area contributed by atoms with E-state index in [1.807, 2.05) is 18.2 Å². The Balaban J connectivity index is 2.04. The lowest BCUT2D eigenvalue weighted by Gasteiger charge is -2.15. The van der Waals surface area contributed by atoms with Crippen molar-refractivity contribution in [3.8, 4) is 11.5 Å². The number of nitrogens with zero attached hydrogens (tertiary/aromatic N) is 2. The van der Waals surface area contributed by atoms with Crippen molar-refractivity contribution in [1.82, 2.24) is 9.97 Å². The van der Waals surface area contributed by atoms with Crippen LogP contribution in [0.3, 0.4) is 0 Å². The van der Waals surface area contributed by atoms with Crippen molar-refractivity contribution in [1.29, 1.82) is 0 Å². The lowest BCUT2D eigenvalue weighted by Crippen LogP contribution is -2.19. The van der Waals surface area contributed by atoms with Crippen molar-refractivity contribution in [2.75, 3.05) is 19.5 Å². The maximum Gasteiger partial charge on any atom is 0.160 e. The van der Waals surface area contributed by atoms with E-state index in [0.29, 0.717) is 11.0 Å². The summed E-state index contributed by atoms with van der Waals surface area (Å²) in [5.41, 5.74) is 1.14. The largest absolute Gasteiger partial charge is 0.493 e. The minimum absolute atomic E-state index is 0.177. The Kier molecular flexibility index (Phi) is 5.22. The monoisotopic (exact) mass is 307 g/mol. The second kappa shape index (κ2) is 7.13. The van der Waals surface area contributed by atoms with Crippen LogP contribution >= 0.6 is 11.6 Å². The molecular formula is C15H18ClN3O2. The minimum atomic E-state index is 0.177. The molecule has 1 unspecified atom stereocenters. The molecule has 112 valence electrons. The van der Waals surface area contributed by atoms with Gasteiger partial charge in [0.1, 0.15) is 11.0 Å². The van der Waals surface area contributed by atoms with Crippen molar-refractivity contribution in [3.63, 3.8) is 0 Å². The van der Waals surface area contributed by atoms with Gasteiger partial charge < -0.3 is 14.8 Å². The van der Waals surface area contributed by atoms with E-state index in [-0.39, 0.29) is 6.04 Å². The van der Waals surface area contributed by atoms with Crippen LogP contribution in [0.2, 0.25) is 5.15 Å². The van der Waals surface area contributed by atoms with Gasteiger partial charge >= 0.3 is 0 Å². The van der Waals surface area contributed by atoms with E-state index in [1.54, 1.807) is 20.4 Å². The highest BCUT2D eigenvalue weighted by Gasteiger charge is 2.09. The van der Waals surface area contributed by atoms with Crippen LogP contribution in [-0.4, -0.2) is 30.2 Å². The Hall–Kier alpha value is -2.01. The zero-order chi connectivity index (χ0) is 15.2. The number of halogens is 1. The van der Waals surface area contributed by atoms with Gasteiger partial charge in [-0.2, -0.15) is 0 Å². The molecule has 0 aliphatic rings. The van der Waals surface area contributed by atoms with E-state index >= 15 is 0 Å². The van der Waals surface area contributed by atoms with E-state index in [0.717, 1.165) is 23.5 Å². The second-order valence-corrected chi connectivity index (χ2v) is 5.05. The van der Waals surface area contributed by atoms with Gasteiger partial charge in [0, 0.05) is 6.04 Å². The smallest absolute Gasteiger partial charge is 0.160 e. The molecule has 0 spiro atoms. The van der Waals surface area contributed by atoms with Crippen molar-refractivity contribution < 1.29 is 9.47 Å². The number of aromatic nitrogens is 2. The fraction of sp³-hybridized carbons (Fsp3) is 0.333. The third kappa shape index (κ3) is 4.23. The molecule has 2 aromatic rings. The molecule has 0 aliphatic heterocycles. The Morgan fingerprint density at radius 3 is 2.62 bits per heavy atom. The average Bonchev–Trinajstić information content (AvgIpc) is 2.47. The molecule has 0 aliphatic carbocycles. The summed E-state index contributed by atoms with van der Waals surface area (Å²) in [6.45, 7) is 2.07. The fourth-order valence-electron chi connectivity index (χ4n) is 2.08. The van der Waals surface area contributed by atoms with Gasteiger partial charge in [0.2, 0.25) is 0 Å². The van der Waals surface area contributed by atoms with Gasteiger partial charge in [0.05, 0.1) is 26.6 Å². The lowest BCUT2D eigenvalue weighted by atomic mass is 10.1. The summed E-state index contributed by atoms with van der Waals surface area (Å²) in [5, 5.41) is 3.64. The molecular weight excluding hydrogens is 290 g/mol. The topological polar surface area (TPSA) is 56.3 Å².